The quantitative estimate of drug-likeness (QED) is 0.428. The zero-order chi connectivity index (χ0) is 24.5. The molecule has 1 saturated heterocycles. The Balaban J connectivity index is 1.21. The van der Waals surface area contributed by atoms with Crippen LogP contribution in [-0.2, 0) is 11.3 Å². The van der Waals surface area contributed by atoms with Crippen LogP contribution in [0.4, 0.5) is 4.79 Å². The summed E-state index contributed by atoms with van der Waals surface area (Å²) in [7, 11) is 0. The van der Waals surface area contributed by atoms with E-state index in [1.54, 1.807) is 23.1 Å². The lowest BCUT2D eigenvalue weighted by Gasteiger charge is -2.31. The average molecular weight is 489 g/mol. The number of carbonyl (C=O) groups excluding carboxylic acids is 3. The standard InChI is InChI=1S/C28H25ClN2O4/c1-18-3-2-4-21(15-18)22-7-10-24-25(17-22)27(33)31(26(24)32)35-28(34)30-13-11-20(12-14-30)16-19-5-8-23(29)9-6-19/h2-10,15,17,20H,11-14,16H2,1H3. The van der Waals surface area contributed by atoms with Gasteiger partial charge < -0.3 is 9.74 Å². The molecule has 2 aliphatic heterocycles. The average Bonchev–Trinajstić information content (AvgIpc) is 3.10. The summed E-state index contributed by atoms with van der Waals surface area (Å²) in [6.07, 6.45) is 1.88. The summed E-state index contributed by atoms with van der Waals surface area (Å²) in [5.74, 6) is -0.795. The number of likely N-dealkylation sites (tertiary alicyclic amines) is 1. The molecule has 3 amide bonds. The monoisotopic (exact) mass is 488 g/mol. The minimum Gasteiger partial charge on any atom is -0.310 e. The van der Waals surface area contributed by atoms with Gasteiger partial charge in [0, 0.05) is 18.1 Å². The Morgan fingerprint density at radius 3 is 2.31 bits per heavy atom. The van der Waals surface area contributed by atoms with E-state index in [9.17, 15) is 14.4 Å². The summed E-state index contributed by atoms with van der Waals surface area (Å²) in [5, 5.41) is 1.30. The molecule has 0 radical (unpaired) electrons. The van der Waals surface area contributed by atoms with E-state index in [0.717, 1.165) is 36.0 Å². The van der Waals surface area contributed by atoms with Crippen molar-refractivity contribution in [3.8, 4) is 11.1 Å². The normalized spacial score (nSPS) is 15.9. The predicted octanol–water partition coefficient (Wildman–Crippen LogP) is 5.92. The summed E-state index contributed by atoms with van der Waals surface area (Å²) in [6, 6.07) is 20.8. The fourth-order valence-corrected chi connectivity index (χ4v) is 4.84. The highest BCUT2D eigenvalue weighted by molar-refractivity contribution is 6.30. The van der Waals surface area contributed by atoms with Crippen molar-refractivity contribution < 1.29 is 19.2 Å². The van der Waals surface area contributed by atoms with Crippen molar-refractivity contribution in [1.29, 1.82) is 0 Å². The molecule has 178 valence electrons. The first-order valence-electron chi connectivity index (χ1n) is 11.7. The van der Waals surface area contributed by atoms with Gasteiger partial charge in [-0.05, 0) is 73.1 Å². The van der Waals surface area contributed by atoms with E-state index < -0.39 is 17.9 Å². The third-order valence-corrected chi connectivity index (χ3v) is 6.93. The fraction of sp³-hybridized carbons (Fsp3) is 0.250. The van der Waals surface area contributed by atoms with Gasteiger partial charge in [0.25, 0.3) is 11.8 Å². The van der Waals surface area contributed by atoms with Gasteiger partial charge in [-0.2, -0.15) is 0 Å². The molecule has 5 rings (SSSR count). The smallest absolute Gasteiger partial charge is 0.310 e. The number of carbonyl (C=O) groups is 3. The first kappa shape index (κ1) is 23.1. The number of hydrogen-bond acceptors (Lipinski definition) is 4. The number of hydroxylamine groups is 2. The van der Waals surface area contributed by atoms with Crippen LogP contribution in [0.2, 0.25) is 5.02 Å². The van der Waals surface area contributed by atoms with Crippen molar-refractivity contribution in [3.05, 3.63) is 94.0 Å². The molecule has 0 aromatic heterocycles. The number of halogens is 1. The third kappa shape index (κ3) is 4.80. The summed E-state index contributed by atoms with van der Waals surface area (Å²) in [6.45, 7) is 3.02. The summed E-state index contributed by atoms with van der Waals surface area (Å²) < 4.78 is 0. The number of hydrogen-bond donors (Lipinski definition) is 0. The molecule has 0 spiro atoms. The Bertz CT molecular complexity index is 1300. The number of fused-ring (bicyclic) bond motifs is 1. The number of piperidine rings is 1. The third-order valence-electron chi connectivity index (χ3n) is 6.68. The van der Waals surface area contributed by atoms with Crippen molar-refractivity contribution in [2.24, 2.45) is 5.92 Å². The second-order valence-electron chi connectivity index (χ2n) is 9.15. The second kappa shape index (κ2) is 9.55. The van der Waals surface area contributed by atoms with Crippen LogP contribution in [-0.4, -0.2) is 41.0 Å². The van der Waals surface area contributed by atoms with E-state index in [1.807, 2.05) is 55.5 Å². The molecule has 35 heavy (non-hydrogen) atoms. The first-order chi connectivity index (χ1) is 16.9. The lowest BCUT2D eigenvalue weighted by Crippen LogP contribution is -2.43. The number of rotatable bonds is 4. The van der Waals surface area contributed by atoms with E-state index in [1.165, 1.54) is 5.56 Å². The van der Waals surface area contributed by atoms with Crippen LogP contribution in [0.25, 0.3) is 11.1 Å². The highest BCUT2D eigenvalue weighted by atomic mass is 35.5. The molecule has 2 heterocycles. The van der Waals surface area contributed by atoms with Gasteiger partial charge in [0.15, 0.2) is 0 Å². The molecule has 0 unspecified atom stereocenters. The number of nitrogens with zero attached hydrogens (tertiary/aromatic N) is 2. The van der Waals surface area contributed by atoms with Crippen LogP contribution in [0, 0.1) is 12.8 Å². The van der Waals surface area contributed by atoms with Crippen molar-refractivity contribution in [1.82, 2.24) is 9.96 Å². The number of aryl methyl sites for hydroxylation is 1. The molecule has 0 aliphatic carbocycles. The van der Waals surface area contributed by atoms with Gasteiger partial charge in [-0.15, -0.1) is 0 Å². The van der Waals surface area contributed by atoms with Crippen molar-refractivity contribution in [3.63, 3.8) is 0 Å². The van der Waals surface area contributed by atoms with Crippen LogP contribution in [0.3, 0.4) is 0 Å². The highest BCUT2D eigenvalue weighted by Gasteiger charge is 2.40. The Hall–Kier alpha value is -3.64. The Kier molecular flexibility index (Phi) is 6.31. The van der Waals surface area contributed by atoms with Gasteiger partial charge in [0.2, 0.25) is 0 Å². The molecule has 3 aromatic carbocycles. The maximum atomic E-state index is 13.0. The molecule has 0 saturated carbocycles. The van der Waals surface area contributed by atoms with Crippen LogP contribution in [0.1, 0.15) is 44.7 Å². The molecule has 3 aromatic rings. The lowest BCUT2D eigenvalue weighted by atomic mass is 9.90. The molecule has 2 aliphatic rings. The van der Waals surface area contributed by atoms with Crippen molar-refractivity contribution in [2.75, 3.05) is 13.1 Å². The topological polar surface area (TPSA) is 66.9 Å². The number of benzene rings is 3. The summed E-state index contributed by atoms with van der Waals surface area (Å²) >= 11 is 5.96. The maximum absolute atomic E-state index is 13.0. The van der Waals surface area contributed by atoms with E-state index in [-0.39, 0.29) is 11.1 Å². The van der Waals surface area contributed by atoms with E-state index in [0.29, 0.717) is 29.1 Å². The molecule has 1 fully saturated rings. The Morgan fingerprint density at radius 1 is 0.914 bits per heavy atom. The predicted molar refractivity (Wildman–Crippen MR) is 133 cm³/mol. The zero-order valence-electron chi connectivity index (χ0n) is 19.4. The molecule has 6 nitrogen and oxygen atoms in total. The molecule has 0 N–H and O–H groups in total. The van der Waals surface area contributed by atoms with E-state index in [4.69, 9.17) is 16.4 Å². The van der Waals surface area contributed by atoms with E-state index in [2.05, 4.69) is 0 Å². The second-order valence-corrected chi connectivity index (χ2v) is 9.59. The van der Waals surface area contributed by atoms with Crippen molar-refractivity contribution >= 4 is 29.5 Å². The molecule has 0 atom stereocenters. The molecular weight excluding hydrogens is 464 g/mol. The molecular formula is C28H25ClN2O4. The Labute approximate surface area is 209 Å². The largest absolute Gasteiger partial charge is 0.434 e. The SMILES string of the molecule is Cc1cccc(-c2ccc3c(c2)C(=O)N(OC(=O)N2CCC(Cc4ccc(Cl)cc4)CC2)C3=O)c1. The summed E-state index contributed by atoms with van der Waals surface area (Å²) in [5.41, 5.74) is 4.56. The molecule has 7 heteroatoms. The minimum absolute atomic E-state index is 0.237. The molecule has 0 bridgehead atoms. The Morgan fingerprint density at radius 2 is 1.60 bits per heavy atom. The van der Waals surface area contributed by atoms with Gasteiger partial charge in [-0.25, -0.2) is 4.79 Å². The minimum atomic E-state index is -0.677. The number of imide groups is 1. The fourth-order valence-electron chi connectivity index (χ4n) is 4.72. The van der Waals surface area contributed by atoms with Crippen LogP contribution < -0.4 is 0 Å². The van der Waals surface area contributed by atoms with Crippen LogP contribution in [0.15, 0.2) is 66.7 Å². The van der Waals surface area contributed by atoms with Crippen molar-refractivity contribution in [2.45, 2.75) is 26.2 Å². The van der Waals surface area contributed by atoms with Gasteiger partial charge in [-0.3, -0.25) is 9.59 Å². The zero-order valence-corrected chi connectivity index (χ0v) is 20.1. The van der Waals surface area contributed by atoms with Gasteiger partial charge >= 0.3 is 6.09 Å². The van der Waals surface area contributed by atoms with Gasteiger partial charge in [0.1, 0.15) is 0 Å². The van der Waals surface area contributed by atoms with Crippen LogP contribution >= 0.6 is 11.6 Å². The number of amides is 3. The van der Waals surface area contributed by atoms with E-state index >= 15 is 0 Å². The first-order valence-corrected chi connectivity index (χ1v) is 12.1. The summed E-state index contributed by atoms with van der Waals surface area (Å²) in [4.78, 5) is 45.4. The lowest BCUT2D eigenvalue weighted by molar-refractivity contribution is -0.0594. The van der Waals surface area contributed by atoms with Gasteiger partial charge in [0.05, 0.1) is 11.1 Å². The highest BCUT2D eigenvalue weighted by Crippen LogP contribution is 2.30. The maximum Gasteiger partial charge on any atom is 0.434 e. The van der Waals surface area contributed by atoms with Crippen LogP contribution in [0.5, 0.6) is 0 Å². The van der Waals surface area contributed by atoms with Gasteiger partial charge in [-0.1, -0.05) is 64.7 Å².